The highest BCUT2D eigenvalue weighted by Gasteiger charge is 2.52. The van der Waals surface area contributed by atoms with Gasteiger partial charge in [0, 0.05) is 113 Å². The minimum Gasteiger partial charge on any atom is -0.443 e. The number of rotatable bonds is 22. The SMILES string of the molecule is CC(C)(C)C(=O)OCn1ccc2c(-c3cn[nH]c3)ncnc21.CC(C)(C)C(=O)OCn1ccc2c(-c3cnn(C(CC#N)C4CCCC4)c3)ncnc21.CC(C)(C)C(=O)OCn1ccc2c(Cl)ncnc21.CCOC(C)n1cc(-c2ncnc3c2ccn3COC(=O)C(C)(C)C)cn1.CCOC(C)n1cc(B2OC(C)(C)C(C)(C)O2)cn1.N#CC=CC1CCCC1. The molecule has 36 heteroatoms. The van der Waals surface area contributed by atoms with Crippen LogP contribution in [0.25, 0.3) is 77.9 Å². The van der Waals surface area contributed by atoms with Crippen LogP contribution >= 0.6 is 11.6 Å². The third kappa shape index (κ3) is 24.8. The van der Waals surface area contributed by atoms with Gasteiger partial charge in [0.1, 0.15) is 65.5 Å². The number of halogens is 1. The summed E-state index contributed by atoms with van der Waals surface area (Å²) in [5.41, 5.74) is 5.87. The van der Waals surface area contributed by atoms with E-state index in [4.69, 9.17) is 54.6 Å². The second-order valence-corrected chi connectivity index (χ2v) is 36.4. The number of aromatic amines is 1. The number of carbonyl (C=O) groups is 4. The Balaban J connectivity index is 0.000000162. The number of fused-ring (bicyclic) bond motifs is 4. The van der Waals surface area contributed by atoms with Crippen molar-refractivity contribution in [1.29, 1.82) is 10.5 Å². The van der Waals surface area contributed by atoms with Crippen molar-refractivity contribution in [1.82, 2.24) is 97.7 Å². The Kier molecular flexibility index (Phi) is 32.4. The molecule has 2 aliphatic carbocycles. The molecule has 15 rings (SSSR count). The Hall–Kier alpha value is -11.9. The first-order chi connectivity index (χ1) is 59.7. The minimum absolute atomic E-state index is 0.0822. The molecule has 3 aliphatic rings. The number of allylic oxidation sites excluding steroid dienone is 2. The van der Waals surface area contributed by atoms with Crippen LogP contribution in [-0.4, -0.2) is 153 Å². The standard InChI is InChI=1S/C23H28N6O2.C19H25N5O3.C15H17N5O2.C13H23BN2O3.C12H14ClN3O2.C8H11N/c1-23(2,3)22(30)31-15-28-11-9-18-20(25-14-26-21(18)28)17-12-27-29(13-17)19(8-10-24)16-6-4-5-7-16;1-6-26-13(2)24-10-14(9-22-24)16-15-7-8-23(17(15)21-11-20-16)12-27-18(25)19(3,4)5;1-15(2,3)14(21)22-9-20-5-4-11-12(10-6-18-19-7-10)16-8-17-13(11)20;1-7-17-10(2)16-9-11(8-15-16)14-18-12(3,4)13(5,6)19-14;1-12(2,3)11(17)18-7-16-5-4-8-9(13)14-6-15-10(8)16;9-7-3-6-8-4-1-2-5-8/h9,11-14,16,19H,4-8,15H2,1-3H3;7-11,13H,6,12H2,1-5H3;4-8H,9H2,1-3H3,(H,18,19);8-10H,7H2,1-6H3;4-6H,7H2,1-3H3;3,6,8H,1-2,4-5H2. The molecule has 0 bridgehead atoms. The second-order valence-electron chi connectivity index (χ2n) is 36.0. The lowest BCUT2D eigenvalue weighted by Gasteiger charge is -2.32. The summed E-state index contributed by atoms with van der Waals surface area (Å²) < 4.78 is 57.0. The molecule has 13 heterocycles. The normalized spacial score (nSPS) is 15.3. The molecule has 12 aromatic rings. The van der Waals surface area contributed by atoms with Crippen LogP contribution in [0.5, 0.6) is 0 Å². The number of H-pyrrole nitrogens is 1. The van der Waals surface area contributed by atoms with Gasteiger partial charge < -0.3 is 37.7 Å². The molecule has 34 nitrogen and oxygen atoms in total. The molecule has 1 saturated heterocycles. The van der Waals surface area contributed by atoms with Gasteiger partial charge in [-0.2, -0.15) is 30.9 Å². The maximum atomic E-state index is 12.1. The third-order valence-electron chi connectivity index (χ3n) is 21.6. The Labute approximate surface area is 740 Å². The number of carbonyl (C=O) groups excluding carboxylic acids is 4. The van der Waals surface area contributed by atoms with Crippen LogP contribution in [0.1, 0.15) is 215 Å². The number of hydrogen-bond donors (Lipinski definition) is 1. The number of esters is 4. The Morgan fingerprint density at radius 3 is 1.29 bits per heavy atom. The second kappa shape index (κ2) is 42.4. The molecule has 0 spiro atoms. The summed E-state index contributed by atoms with van der Waals surface area (Å²) in [6.45, 7) is 39.5. The number of aromatic nitrogens is 20. The van der Waals surface area contributed by atoms with Crippen LogP contribution in [-0.2, 0) is 83.8 Å². The third-order valence-corrected chi connectivity index (χ3v) is 21.9. The highest BCUT2D eigenvalue weighted by atomic mass is 35.5. The molecular formula is C90H118BClN22O12. The first kappa shape index (κ1) is 96.3. The molecular weight excluding hydrogens is 1630 g/mol. The van der Waals surface area contributed by atoms with E-state index in [1.54, 1.807) is 77.0 Å². The zero-order valence-electron chi connectivity index (χ0n) is 75.9. The van der Waals surface area contributed by atoms with Crippen LogP contribution in [0.15, 0.2) is 136 Å². The molecule has 0 amide bonds. The maximum absolute atomic E-state index is 12.1. The molecule has 3 atom stereocenters. The number of hydrogen-bond acceptors (Lipinski definition) is 26. The summed E-state index contributed by atoms with van der Waals surface area (Å²) in [6.07, 6.45) is 41.7. The van der Waals surface area contributed by atoms with Crippen molar-refractivity contribution >= 4 is 92.2 Å². The van der Waals surface area contributed by atoms with E-state index in [9.17, 15) is 24.4 Å². The summed E-state index contributed by atoms with van der Waals surface area (Å²) in [6, 6.07) is 12.0. The predicted octanol–water partition coefficient (Wildman–Crippen LogP) is 16.9. The quantitative estimate of drug-likeness (QED) is 0.0216. The fourth-order valence-electron chi connectivity index (χ4n) is 13.7. The average Bonchev–Trinajstić information content (AvgIpc) is 1.64. The smallest absolute Gasteiger partial charge is 0.443 e. The van der Waals surface area contributed by atoms with E-state index in [2.05, 4.69) is 71.4 Å². The topological polar surface area (TPSA) is 395 Å². The van der Waals surface area contributed by atoms with E-state index in [1.165, 1.54) is 63.8 Å². The molecule has 0 radical (unpaired) electrons. The van der Waals surface area contributed by atoms with Gasteiger partial charge in [-0.15, -0.1) is 0 Å². The summed E-state index contributed by atoms with van der Waals surface area (Å²) in [5, 5.41) is 41.2. The Morgan fingerprint density at radius 2 is 0.897 bits per heavy atom. The highest BCUT2D eigenvalue weighted by Crippen LogP contribution is 2.39. The first-order valence-electron chi connectivity index (χ1n) is 42.4. The van der Waals surface area contributed by atoms with Crippen molar-refractivity contribution in [3.8, 4) is 45.9 Å². The lowest BCUT2D eigenvalue weighted by molar-refractivity contribution is -0.157. The predicted molar refractivity (Wildman–Crippen MR) is 476 cm³/mol. The van der Waals surface area contributed by atoms with E-state index < -0.39 is 21.7 Å². The van der Waals surface area contributed by atoms with Crippen LogP contribution in [0.2, 0.25) is 5.15 Å². The van der Waals surface area contributed by atoms with Crippen molar-refractivity contribution in [2.24, 2.45) is 33.5 Å². The van der Waals surface area contributed by atoms with Crippen LogP contribution in [0.4, 0.5) is 0 Å². The van der Waals surface area contributed by atoms with Gasteiger partial charge in [0.25, 0.3) is 0 Å². The fraction of sp³-hybridized carbons (Fsp3) is 0.511. The fourth-order valence-corrected chi connectivity index (χ4v) is 13.9. The molecule has 3 fully saturated rings. The summed E-state index contributed by atoms with van der Waals surface area (Å²) >= 11 is 5.93. The number of nitriles is 2. The lowest BCUT2D eigenvalue weighted by atomic mass is 9.82. The van der Waals surface area contributed by atoms with E-state index in [1.807, 2.05) is 211 Å². The van der Waals surface area contributed by atoms with Crippen molar-refractivity contribution in [3.05, 3.63) is 141 Å². The first-order valence-corrected chi connectivity index (χ1v) is 42.8. The van der Waals surface area contributed by atoms with E-state index in [0.29, 0.717) is 59.2 Å². The van der Waals surface area contributed by atoms with Gasteiger partial charge in [0.15, 0.2) is 26.9 Å². The molecule has 670 valence electrons. The highest BCUT2D eigenvalue weighted by molar-refractivity contribution is 6.62. The number of nitrogens with one attached hydrogen (secondary N) is 1. The molecule has 12 aromatic heterocycles. The van der Waals surface area contributed by atoms with Crippen LogP contribution in [0.3, 0.4) is 0 Å². The Bertz CT molecular complexity index is 5710. The molecule has 2 saturated carbocycles. The summed E-state index contributed by atoms with van der Waals surface area (Å²) in [5.74, 6) is 0.175. The zero-order valence-corrected chi connectivity index (χ0v) is 76.7. The van der Waals surface area contributed by atoms with Crippen LogP contribution in [0, 0.1) is 56.2 Å². The number of ether oxygens (including phenoxy) is 6. The van der Waals surface area contributed by atoms with E-state index >= 15 is 0 Å². The van der Waals surface area contributed by atoms with Gasteiger partial charge in [-0.1, -0.05) is 43.4 Å². The Morgan fingerprint density at radius 1 is 0.524 bits per heavy atom. The largest absolute Gasteiger partial charge is 0.498 e. The molecule has 3 unspecified atom stereocenters. The van der Waals surface area contributed by atoms with Crippen molar-refractivity contribution in [2.45, 2.75) is 253 Å². The lowest BCUT2D eigenvalue weighted by Crippen LogP contribution is -2.41. The maximum Gasteiger partial charge on any atom is 0.498 e. The molecule has 1 N–H and O–H groups in total. The van der Waals surface area contributed by atoms with Gasteiger partial charge in [0.2, 0.25) is 0 Å². The van der Waals surface area contributed by atoms with Gasteiger partial charge in [-0.3, -0.25) is 47.2 Å². The van der Waals surface area contributed by atoms with Gasteiger partial charge in [-0.05, 0) is 200 Å². The summed E-state index contributed by atoms with van der Waals surface area (Å²) in [4.78, 5) is 81.9. The molecule has 126 heavy (non-hydrogen) atoms. The van der Waals surface area contributed by atoms with Crippen molar-refractivity contribution in [3.63, 3.8) is 0 Å². The van der Waals surface area contributed by atoms with Crippen LogP contribution < -0.4 is 5.46 Å². The molecule has 1 aliphatic heterocycles. The zero-order chi connectivity index (χ0) is 91.5. The molecule has 0 aromatic carbocycles. The van der Waals surface area contributed by atoms with E-state index in [0.717, 1.165) is 73.6 Å². The van der Waals surface area contributed by atoms with Crippen molar-refractivity contribution in [2.75, 3.05) is 13.2 Å². The average molecular weight is 1750 g/mol. The van der Waals surface area contributed by atoms with E-state index in [-0.39, 0.29) is 87.6 Å². The minimum atomic E-state index is -0.559. The van der Waals surface area contributed by atoms with Crippen molar-refractivity contribution < 1.29 is 56.9 Å². The summed E-state index contributed by atoms with van der Waals surface area (Å²) in [7, 11) is -0.368. The monoisotopic (exact) mass is 1740 g/mol. The van der Waals surface area contributed by atoms with Gasteiger partial charge in [0.05, 0.1) is 98.5 Å². The van der Waals surface area contributed by atoms with Gasteiger partial charge in [-0.25, -0.2) is 49.2 Å². The number of nitrogens with zero attached hydrogens (tertiary/aromatic N) is 21. The van der Waals surface area contributed by atoms with Gasteiger partial charge >= 0.3 is 31.0 Å².